The molecule has 1 radical (unpaired) electrons. The van der Waals surface area contributed by atoms with Crippen LogP contribution in [0.2, 0.25) is 0 Å². The molecule has 0 saturated carbocycles. The van der Waals surface area contributed by atoms with Crippen molar-refractivity contribution in [2.24, 2.45) is 11.8 Å². The zero-order valence-corrected chi connectivity index (χ0v) is 31.5. The van der Waals surface area contributed by atoms with Gasteiger partial charge in [-0.15, -0.1) is 0 Å². The van der Waals surface area contributed by atoms with Crippen molar-refractivity contribution >= 4 is 29.4 Å². The monoisotopic (exact) mass is 716 g/mol. The molecule has 2 aromatic carbocycles. The number of nitrogens with one attached hydrogen (secondary N) is 4. The van der Waals surface area contributed by atoms with E-state index in [9.17, 15) is 24.0 Å². The lowest BCUT2D eigenvalue weighted by Gasteiger charge is -2.29. The second-order valence-corrected chi connectivity index (χ2v) is 15.3. The first kappa shape index (κ1) is 40.7. The summed E-state index contributed by atoms with van der Waals surface area (Å²) < 4.78 is 5.41. The molecule has 2 heterocycles. The van der Waals surface area contributed by atoms with Crippen LogP contribution in [0, 0.1) is 18.3 Å². The largest absolute Gasteiger partial charge is 0.361 e. The molecule has 0 aliphatic carbocycles. The van der Waals surface area contributed by atoms with Gasteiger partial charge in [-0.05, 0) is 87.9 Å². The van der Waals surface area contributed by atoms with Gasteiger partial charge in [-0.25, -0.2) is 0 Å². The molecule has 4 N–H and O–H groups in total. The van der Waals surface area contributed by atoms with E-state index < -0.39 is 47.5 Å². The van der Waals surface area contributed by atoms with Gasteiger partial charge in [-0.2, -0.15) is 0 Å². The molecule has 0 unspecified atom stereocenters. The number of ether oxygens (including phenoxy) is 1. The molecular formula is C41H58N5O6. The van der Waals surface area contributed by atoms with Gasteiger partial charge in [0.15, 0.2) is 5.78 Å². The number of rotatable bonds is 20. The Kier molecular flexibility index (Phi) is 15.4. The van der Waals surface area contributed by atoms with Crippen LogP contribution in [0.4, 0.5) is 0 Å². The summed E-state index contributed by atoms with van der Waals surface area (Å²) in [6, 6.07) is 15.4. The topological polar surface area (TPSA) is 149 Å². The standard InChI is InChI=1S/C41H58N5O6/c1-28(2)23-33(37(48)41(5)27-52-41)43-40(51)35(25-31-17-11-7-12-18-31)45-39(50)34(24-29(3)4)44-38(49)32(20-19-30-15-9-6-10-16-30)42-36(47)26-46-21-13-8-14-22-46/h6-12,15-18,28-29,32-35H,13-14,19-27H2,1-5H3,(H,42,47)(H,43,51)(H,44,49)(H,45,50)/t32-,33-,34-,35-,41+/m0/s1. The smallest absolute Gasteiger partial charge is 0.243 e. The summed E-state index contributed by atoms with van der Waals surface area (Å²) in [6.07, 6.45) is 5.87. The molecule has 2 aliphatic heterocycles. The average molecular weight is 717 g/mol. The van der Waals surface area contributed by atoms with Gasteiger partial charge >= 0.3 is 0 Å². The number of carbonyl (C=O) groups excluding carboxylic acids is 5. The lowest BCUT2D eigenvalue weighted by Crippen LogP contribution is -2.59. The number of hydrogen-bond acceptors (Lipinski definition) is 7. The summed E-state index contributed by atoms with van der Waals surface area (Å²) >= 11 is 0. The van der Waals surface area contributed by atoms with Crippen molar-refractivity contribution < 1.29 is 28.7 Å². The van der Waals surface area contributed by atoms with Gasteiger partial charge in [0.05, 0.1) is 19.2 Å². The van der Waals surface area contributed by atoms with Crippen molar-refractivity contribution in [1.29, 1.82) is 0 Å². The molecular weight excluding hydrogens is 658 g/mol. The molecule has 0 spiro atoms. The Morgan fingerprint density at radius 2 is 1.19 bits per heavy atom. The number of nitrogens with zero attached hydrogens (tertiary/aromatic N) is 1. The lowest BCUT2D eigenvalue weighted by molar-refractivity contribution is -0.135. The van der Waals surface area contributed by atoms with Crippen molar-refractivity contribution in [3.05, 3.63) is 78.2 Å². The first-order chi connectivity index (χ1) is 24.8. The van der Waals surface area contributed by atoms with Crippen LogP contribution < -0.4 is 21.3 Å². The highest BCUT2D eigenvalue weighted by Gasteiger charge is 2.50. The Bertz CT molecular complexity index is 1470. The third kappa shape index (κ3) is 13.2. The number of Topliss-reactive ketones (excluding diaryl/α,β-unsaturated/α-hetero) is 1. The fourth-order valence-corrected chi connectivity index (χ4v) is 6.53. The highest BCUT2D eigenvalue weighted by molar-refractivity contribution is 5.98. The van der Waals surface area contributed by atoms with Crippen molar-refractivity contribution in [1.82, 2.24) is 26.2 Å². The Morgan fingerprint density at radius 3 is 1.77 bits per heavy atom. The van der Waals surface area contributed by atoms with Crippen molar-refractivity contribution in [2.45, 2.75) is 109 Å². The fraction of sp³-hybridized carbons (Fsp3) is 0.561. The van der Waals surface area contributed by atoms with Crippen LogP contribution in [-0.2, 0) is 41.6 Å². The van der Waals surface area contributed by atoms with Gasteiger partial charge in [0.25, 0.3) is 0 Å². The van der Waals surface area contributed by atoms with E-state index in [0.717, 1.165) is 37.1 Å². The molecule has 4 amide bonds. The summed E-state index contributed by atoms with van der Waals surface area (Å²) in [6.45, 7) is 11.7. The van der Waals surface area contributed by atoms with Crippen LogP contribution in [0.5, 0.6) is 0 Å². The van der Waals surface area contributed by atoms with E-state index >= 15 is 0 Å². The molecule has 2 aliphatic rings. The van der Waals surface area contributed by atoms with Gasteiger partial charge in [-0.1, -0.05) is 88.4 Å². The molecule has 11 nitrogen and oxygen atoms in total. The average Bonchev–Trinajstić information content (AvgIpc) is 3.87. The van der Waals surface area contributed by atoms with Crippen LogP contribution in [0.15, 0.2) is 60.7 Å². The SMILES string of the molecule is CC(C)C[C@H](NC(=O)[C@H](CCc1ccccc1)NC(=O)CN1CC[CH]CC1)C(=O)N[C@@H](Cc1ccccc1)C(=O)N[C@@H](CC(C)C)C(=O)[C@@]1(C)CO1. The van der Waals surface area contributed by atoms with Crippen LogP contribution in [0.1, 0.15) is 77.8 Å². The van der Waals surface area contributed by atoms with E-state index in [2.05, 4.69) is 32.6 Å². The summed E-state index contributed by atoms with van der Waals surface area (Å²) in [7, 11) is 0. The summed E-state index contributed by atoms with van der Waals surface area (Å²) in [5, 5.41) is 11.7. The highest BCUT2D eigenvalue weighted by Crippen LogP contribution is 2.29. The number of aryl methyl sites for hydroxylation is 1. The maximum Gasteiger partial charge on any atom is 0.243 e. The summed E-state index contributed by atoms with van der Waals surface area (Å²) in [5.74, 6) is -1.74. The van der Waals surface area contributed by atoms with Gasteiger partial charge in [0.1, 0.15) is 23.7 Å². The van der Waals surface area contributed by atoms with Gasteiger partial charge in [0.2, 0.25) is 23.6 Å². The van der Waals surface area contributed by atoms with E-state index in [1.54, 1.807) is 6.92 Å². The van der Waals surface area contributed by atoms with E-state index in [4.69, 9.17) is 4.74 Å². The maximum atomic E-state index is 14.1. The normalized spacial score (nSPS) is 19.6. The lowest BCUT2D eigenvalue weighted by atomic mass is 9.93. The number of amides is 4. The van der Waals surface area contributed by atoms with E-state index in [-0.39, 0.29) is 36.5 Å². The van der Waals surface area contributed by atoms with Crippen LogP contribution >= 0.6 is 0 Å². The Hall–Kier alpha value is -4.09. The van der Waals surface area contributed by atoms with Crippen LogP contribution in [0.25, 0.3) is 0 Å². The molecule has 2 fully saturated rings. The summed E-state index contributed by atoms with van der Waals surface area (Å²) in [4.78, 5) is 70.6. The minimum Gasteiger partial charge on any atom is -0.361 e. The minimum absolute atomic E-state index is 0.0260. The molecule has 2 aromatic rings. The van der Waals surface area contributed by atoms with Gasteiger partial charge in [-0.3, -0.25) is 28.9 Å². The Morgan fingerprint density at radius 1 is 0.692 bits per heavy atom. The molecule has 11 heteroatoms. The second kappa shape index (κ2) is 19.7. The van der Waals surface area contributed by atoms with E-state index in [1.165, 1.54) is 0 Å². The van der Waals surface area contributed by atoms with Crippen LogP contribution in [-0.4, -0.2) is 90.3 Å². The maximum absolute atomic E-state index is 14.1. The second-order valence-electron chi connectivity index (χ2n) is 15.3. The number of carbonyl (C=O) groups is 5. The molecule has 52 heavy (non-hydrogen) atoms. The number of likely N-dealkylation sites (tertiary alicyclic amines) is 1. The zero-order valence-electron chi connectivity index (χ0n) is 31.5. The number of epoxide rings is 1. The minimum atomic E-state index is -1.02. The van der Waals surface area contributed by atoms with Gasteiger partial charge in [0, 0.05) is 6.42 Å². The van der Waals surface area contributed by atoms with Crippen molar-refractivity contribution in [2.75, 3.05) is 26.2 Å². The number of ketones is 1. The van der Waals surface area contributed by atoms with E-state index in [1.807, 2.05) is 88.4 Å². The number of benzene rings is 2. The third-order valence-corrected chi connectivity index (χ3v) is 9.58. The quantitative estimate of drug-likeness (QED) is 0.153. The fourth-order valence-electron chi connectivity index (χ4n) is 6.53. The number of piperidine rings is 1. The molecule has 5 atom stereocenters. The van der Waals surface area contributed by atoms with Gasteiger partial charge < -0.3 is 26.0 Å². The van der Waals surface area contributed by atoms with E-state index in [0.29, 0.717) is 32.3 Å². The zero-order chi connectivity index (χ0) is 37.7. The number of hydrogen-bond donors (Lipinski definition) is 4. The molecule has 283 valence electrons. The molecule has 2 saturated heterocycles. The van der Waals surface area contributed by atoms with Crippen molar-refractivity contribution in [3.63, 3.8) is 0 Å². The Labute approximate surface area is 309 Å². The third-order valence-electron chi connectivity index (χ3n) is 9.58. The predicted molar refractivity (Wildman–Crippen MR) is 201 cm³/mol. The van der Waals surface area contributed by atoms with Crippen LogP contribution in [0.3, 0.4) is 0 Å². The highest BCUT2D eigenvalue weighted by atomic mass is 16.6. The molecule has 0 bridgehead atoms. The summed E-state index contributed by atoms with van der Waals surface area (Å²) in [5.41, 5.74) is 0.937. The molecule has 4 rings (SSSR count). The Balaban J connectivity index is 1.51. The van der Waals surface area contributed by atoms with Crippen molar-refractivity contribution in [3.8, 4) is 0 Å². The first-order valence-electron chi connectivity index (χ1n) is 18.8. The predicted octanol–water partition coefficient (Wildman–Crippen LogP) is 3.55. The molecule has 0 aromatic heterocycles. The first-order valence-corrected chi connectivity index (χ1v) is 18.8.